The third-order valence-electron chi connectivity index (χ3n) is 6.83. The van der Waals surface area contributed by atoms with Gasteiger partial charge < -0.3 is 29.4 Å². The lowest BCUT2D eigenvalue weighted by atomic mass is 9.84. The number of halogens is 1. The minimum absolute atomic E-state index is 0.0701. The van der Waals surface area contributed by atoms with Gasteiger partial charge in [0.1, 0.15) is 17.2 Å². The number of rotatable bonds is 14. The van der Waals surface area contributed by atoms with E-state index in [1.807, 2.05) is 66.7 Å². The normalized spacial score (nSPS) is 17.8. The summed E-state index contributed by atoms with van der Waals surface area (Å²) in [7, 11) is 3.23. The van der Waals surface area contributed by atoms with Crippen LogP contribution in [-0.4, -0.2) is 56.4 Å². The van der Waals surface area contributed by atoms with E-state index in [-0.39, 0.29) is 18.9 Å². The average Bonchev–Trinajstić information content (AvgIpc) is 3.38. The van der Waals surface area contributed by atoms with Crippen LogP contribution in [0.2, 0.25) is 0 Å². The largest absolute Gasteiger partial charge is 0.497 e. The summed E-state index contributed by atoms with van der Waals surface area (Å²) in [6, 6.07) is 20.6. The van der Waals surface area contributed by atoms with E-state index < -0.39 is 11.6 Å². The van der Waals surface area contributed by atoms with Crippen LogP contribution in [0.15, 0.2) is 88.9 Å². The highest BCUT2D eigenvalue weighted by Crippen LogP contribution is 2.43. The van der Waals surface area contributed by atoms with Crippen LogP contribution in [0.5, 0.6) is 17.2 Å². The highest BCUT2D eigenvalue weighted by Gasteiger charge is 2.52. The summed E-state index contributed by atoms with van der Waals surface area (Å²) in [4.78, 5) is 18.9. The molecule has 0 fully saturated rings. The van der Waals surface area contributed by atoms with Crippen LogP contribution in [0.3, 0.4) is 0 Å². The Morgan fingerprint density at radius 1 is 1.10 bits per heavy atom. The fourth-order valence-electron chi connectivity index (χ4n) is 4.71. The van der Waals surface area contributed by atoms with Crippen molar-refractivity contribution in [2.75, 3.05) is 34.0 Å². The maximum absolute atomic E-state index is 14.0. The Hall–Kier alpha value is -3.82. The standard InChI is InChI=1S/C32H35BrN2O6/c1-4-17-32(31(37)34-18-16-24-21-27(38-2)14-15-28(24)39-3)29(22-6-10-25(33)11-7-22)41-30(35-32)23-8-12-26(13-9-23)40-20-5-19-36/h4,6-15,21,29,36H,1,5,16-20H2,2-3H3,(H,34,37)/t29-,32-/m1/s1. The number of ether oxygens (including phenoxy) is 4. The number of methoxy groups -OCH3 is 2. The van der Waals surface area contributed by atoms with E-state index in [9.17, 15) is 4.79 Å². The van der Waals surface area contributed by atoms with Gasteiger partial charge in [-0.3, -0.25) is 4.79 Å². The Kier molecular flexibility index (Phi) is 10.4. The second kappa shape index (κ2) is 14.2. The van der Waals surface area contributed by atoms with Crippen molar-refractivity contribution in [3.8, 4) is 17.2 Å². The molecule has 3 aromatic rings. The molecule has 1 heterocycles. The van der Waals surface area contributed by atoms with Crippen molar-refractivity contribution in [2.24, 2.45) is 4.99 Å². The van der Waals surface area contributed by atoms with E-state index in [0.717, 1.165) is 26.9 Å². The minimum atomic E-state index is -1.26. The van der Waals surface area contributed by atoms with Crippen LogP contribution >= 0.6 is 15.9 Å². The molecule has 0 saturated heterocycles. The zero-order valence-electron chi connectivity index (χ0n) is 23.3. The number of carbonyl (C=O) groups is 1. The lowest BCUT2D eigenvalue weighted by Crippen LogP contribution is -2.48. The maximum atomic E-state index is 14.0. The first-order chi connectivity index (χ1) is 19.9. The van der Waals surface area contributed by atoms with E-state index in [0.29, 0.717) is 43.4 Å². The molecule has 0 aromatic heterocycles. The predicted octanol–water partition coefficient (Wildman–Crippen LogP) is 5.42. The topological polar surface area (TPSA) is 98.6 Å². The fraction of sp³-hybridized carbons (Fsp3) is 0.312. The Labute approximate surface area is 249 Å². The van der Waals surface area contributed by atoms with Crippen LogP contribution in [0.4, 0.5) is 0 Å². The van der Waals surface area contributed by atoms with Crippen LogP contribution < -0.4 is 19.5 Å². The molecule has 1 amide bonds. The molecule has 1 aliphatic rings. The van der Waals surface area contributed by atoms with Gasteiger partial charge in [-0.15, -0.1) is 6.58 Å². The molecule has 0 radical (unpaired) electrons. The first kappa shape index (κ1) is 30.1. The number of benzene rings is 3. The summed E-state index contributed by atoms with van der Waals surface area (Å²) in [5, 5.41) is 12.1. The smallest absolute Gasteiger partial charge is 0.252 e. The predicted molar refractivity (Wildman–Crippen MR) is 162 cm³/mol. The molecule has 3 aromatic carbocycles. The molecule has 1 aliphatic heterocycles. The van der Waals surface area contributed by atoms with Gasteiger partial charge in [-0.05, 0) is 72.1 Å². The molecule has 0 unspecified atom stereocenters. The first-order valence-corrected chi connectivity index (χ1v) is 14.2. The summed E-state index contributed by atoms with van der Waals surface area (Å²) in [6.07, 6.45) is 2.39. The number of aliphatic imine (C=N–C) groups is 1. The molecule has 0 spiro atoms. The van der Waals surface area contributed by atoms with Crippen molar-refractivity contribution in [1.29, 1.82) is 0 Å². The zero-order valence-corrected chi connectivity index (χ0v) is 24.9. The number of nitrogens with zero attached hydrogens (tertiary/aromatic N) is 1. The fourth-order valence-corrected chi connectivity index (χ4v) is 4.98. The summed E-state index contributed by atoms with van der Waals surface area (Å²) < 4.78 is 23.9. The van der Waals surface area contributed by atoms with Crippen LogP contribution in [0.1, 0.15) is 35.6 Å². The molecule has 0 aliphatic carbocycles. The Bertz CT molecular complexity index is 1360. The van der Waals surface area contributed by atoms with Crippen LogP contribution in [0.25, 0.3) is 0 Å². The number of hydrogen-bond donors (Lipinski definition) is 2. The molecule has 2 atom stereocenters. The minimum Gasteiger partial charge on any atom is -0.497 e. The highest BCUT2D eigenvalue weighted by atomic mass is 79.9. The Morgan fingerprint density at radius 2 is 1.83 bits per heavy atom. The summed E-state index contributed by atoms with van der Waals surface area (Å²) in [6.45, 7) is 4.78. The molecule has 216 valence electrons. The van der Waals surface area contributed by atoms with Crippen molar-refractivity contribution >= 4 is 27.7 Å². The van der Waals surface area contributed by atoms with Gasteiger partial charge in [0.05, 0.1) is 20.8 Å². The molecule has 9 heteroatoms. The summed E-state index contributed by atoms with van der Waals surface area (Å²) >= 11 is 3.49. The van der Waals surface area contributed by atoms with Crippen LogP contribution in [-0.2, 0) is 16.0 Å². The first-order valence-electron chi connectivity index (χ1n) is 13.4. The molecule has 2 N–H and O–H groups in total. The molecule has 8 nitrogen and oxygen atoms in total. The van der Waals surface area contributed by atoms with E-state index in [2.05, 4.69) is 27.8 Å². The van der Waals surface area contributed by atoms with E-state index in [1.54, 1.807) is 20.3 Å². The average molecular weight is 624 g/mol. The third kappa shape index (κ3) is 7.10. The number of hydrogen-bond acceptors (Lipinski definition) is 7. The highest BCUT2D eigenvalue weighted by molar-refractivity contribution is 9.10. The maximum Gasteiger partial charge on any atom is 0.252 e. The molecule has 41 heavy (non-hydrogen) atoms. The van der Waals surface area contributed by atoms with Gasteiger partial charge in [0, 0.05) is 36.0 Å². The second-order valence-electron chi connectivity index (χ2n) is 9.52. The molecule has 0 saturated carbocycles. The Morgan fingerprint density at radius 3 is 2.49 bits per heavy atom. The van der Waals surface area contributed by atoms with Crippen molar-refractivity contribution in [3.63, 3.8) is 0 Å². The van der Waals surface area contributed by atoms with Gasteiger partial charge in [0.2, 0.25) is 5.90 Å². The molecular formula is C32H35BrN2O6. The molecule has 0 bridgehead atoms. The number of aliphatic hydroxyl groups excluding tert-OH is 1. The van der Waals surface area contributed by atoms with Crippen LogP contribution in [0, 0.1) is 0 Å². The molecule has 4 rings (SSSR count). The van der Waals surface area contributed by atoms with E-state index >= 15 is 0 Å². The van der Waals surface area contributed by atoms with Crippen molar-refractivity contribution < 1.29 is 28.8 Å². The molecular weight excluding hydrogens is 588 g/mol. The number of carbonyl (C=O) groups excluding carboxylic acids is 1. The third-order valence-corrected chi connectivity index (χ3v) is 7.35. The number of amides is 1. The quantitative estimate of drug-likeness (QED) is 0.184. The summed E-state index contributed by atoms with van der Waals surface area (Å²) in [5.74, 6) is 2.22. The van der Waals surface area contributed by atoms with Crippen molar-refractivity contribution in [1.82, 2.24) is 5.32 Å². The monoisotopic (exact) mass is 622 g/mol. The van der Waals surface area contributed by atoms with E-state index in [4.69, 9.17) is 29.0 Å². The lowest BCUT2D eigenvalue weighted by Gasteiger charge is -2.29. The second-order valence-corrected chi connectivity index (χ2v) is 10.4. The van der Waals surface area contributed by atoms with Gasteiger partial charge >= 0.3 is 0 Å². The SMILES string of the molecule is C=CC[C@@]1(C(=O)NCCc2cc(OC)ccc2OC)N=C(c2ccc(OCCCO)cc2)O[C@@H]1c1ccc(Br)cc1. The van der Waals surface area contributed by atoms with Gasteiger partial charge in [-0.2, -0.15) is 0 Å². The summed E-state index contributed by atoms with van der Waals surface area (Å²) in [5.41, 5.74) is 1.20. The van der Waals surface area contributed by atoms with Gasteiger partial charge in [-0.1, -0.05) is 34.1 Å². The zero-order chi connectivity index (χ0) is 29.2. The number of aliphatic hydroxyl groups is 1. The number of nitrogens with one attached hydrogen (secondary N) is 1. The van der Waals surface area contributed by atoms with Gasteiger partial charge in [0.25, 0.3) is 5.91 Å². The van der Waals surface area contributed by atoms with Crippen molar-refractivity contribution in [2.45, 2.75) is 30.9 Å². The lowest BCUT2D eigenvalue weighted by molar-refractivity contribution is -0.128. The van der Waals surface area contributed by atoms with Gasteiger partial charge in [0.15, 0.2) is 11.6 Å². The Balaban J connectivity index is 1.61. The van der Waals surface area contributed by atoms with Crippen molar-refractivity contribution in [3.05, 3.63) is 101 Å². The van der Waals surface area contributed by atoms with Gasteiger partial charge in [-0.25, -0.2) is 4.99 Å². The van der Waals surface area contributed by atoms with E-state index in [1.165, 1.54) is 0 Å².